The molecule has 0 aromatic carbocycles. The minimum atomic E-state index is 0.0918. The van der Waals surface area contributed by atoms with E-state index in [-0.39, 0.29) is 18.5 Å². The van der Waals surface area contributed by atoms with Gasteiger partial charge in [-0.3, -0.25) is 4.79 Å². The van der Waals surface area contributed by atoms with Crippen LogP contribution in [-0.4, -0.2) is 56.2 Å². The molecular formula is C11H20N6O. The zero-order chi connectivity index (χ0) is 13.0. The van der Waals surface area contributed by atoms with E-state index < -0.39 is 0 Å². The van der Waals surface area contributed by atoms with E-state index in [4.69, 9.17) is 0 Å². The van der Waals surface area contributed by atoms with Crippen molar-refractivity contribution in [1.29, 1.82) is 0 Å². The Labute approximate surface area is 107 Å². The van der Waals surface area contributed by atoms with Gasteiger partial charge in [0.05, 0.1) is 0 Å². The second-order valence-electron chi connectivity index (χ2n) is 4.63. The third kappa shape index (κ3) is 2.84. The van der Waals surface area contributed by atoms with Crippen molar-refractivity contribution in [2.75, 3.05) is 13.1 Å². The van der Waals surface area contributed by atoms with E-state index in [1.165, 1.54) is 11.0 Å². The predicted molar refractivity (Wildman–Crippen MR) is 65.7 cm³/mol. The van der Waals surface area contributed by atoms with Crippen LogP contribution in [0.3, 0.4) is 0 Å². The molecule has 2 unspecified atom stereocenters. The Hall–Kier alpha value is -1.50. The third-order valence-corrected chi connectivity index (χ3v) is 3.47. The number of nitrogens with zero attached hydrogens (tertiary/aromatic N) is 5. The minimum Gasteiger partial charge on any atom is -0.335 e. The minimum absolute atomic E-state index is 0.0918. The molecule has 2 heterocycles. The van der Waals surface area contributed by atoms with E-state index in [2.05, 4.69) is 34.7 Å². The van der Waals surface area contributed by atoms with Crippen molar-refractivity contribution < 1.29 is 4.79 Å². The van der Waals surface area contributed by atoms with Gasteiger partial charge in [0.15, 0.2) is 0 Å². The zero-order valence-electron chi connectivity index (χ0n) is 10.9. The highest BCUT2D eigenvalue weighted by Crippen LogP contribution is 2.12. The van der Waals surface area contributed by atoms with E-state index in [0.29, 0.717) is 6.04 Å². The molecule has 1 fully saturated rings. The standard InChI is InChI=1S/C11H20N6O/c1-3-9-6-17(10(4-2)5-12-9)11(18)7-16-8-13-14-15-16/h8-10,12H,3-7H2,1-2H3. The summed E-state index contributed by atoms with van der Waals surface area (Å²) in [5.41, 5.74) is 0. The Kier molecular flexibility index (Phi) is 4.24. The molecule has 0 spiro atoms. The SMILES string of the molecule is CCC1CN(C(=O)Cn2cnnn2)C(CC)CN1. The van der Waals surface area contributed by atoms with Crippen molar-refractivity contribution in [3.05, 3.63) is 6.33 Å². The maximum absolute atomic E-state index is 12.3. The molecular weight excluding hydrogens is 232 g/mol. The fourth-order valence-electron chi connectivity index (χ4n) is 2.29. The van der Waals surface area contributed by atoms with E-state index in [1.54, 1.807) is 0 Å². The van der Waals surface area contributed by atoms with Crippen LogP contribution in [0.5, 0.6) is 0 Å². The van der Waals surface area contributed by atoms with Crippen molar-refractivity contribution in [3.8, 4) is 0 Å². The summed E-state index contributed by atoms with van der Waals surface area (Å²) in [7, 11) is 0. The van der Waals surface area contributed by atoms with Crippen LogP contribution in [0.1, 0.15) is 26.7 Å². The van der Waals surface area contributed by atoms with Crippen molar-refractivity contribution in [2.45, 2.75) is 45.3 Å². The molecule has 0 aliphatic carbocycles. The molecule has 1 aliphatic heterocycles. The lowest BCUT2D eigenvalue weighted by Gasteiger charge is -2.40. The number of amides is 1. The number of hydrogen-bond donors (Lipinski definition) is 1. The summed E-state index contributed by atoms with van der Waals surface area (Å²) in [6.07, 6.45) is 3.47. The second-order valence-corrected chi connectivity index (χ2v) is 4.63. The fraction of sp³-hybridized carbons (Fsp3) is 0.818. The van der Waals surface area contributed by atoms with Gasteiger partial charge in [-0.1, -0.05) is 13.8 Å². The van der Waals surface area contributed by atoms with Crippen molar-refractivity contribution in [3.63, 3.8) is 0 Å². The maximum Gasteiger partial charge on any atom is 0.244 e. The second kappa shape index (κ2) is 5.90. The van der Waals surface area contributed by atoms with Crippen LogP contribution >= 0.6 is 0 Å². The fourth-order valence-corrected chi connectivity index (χ4v) is 2.29. The molecule has 100 valence electrons. The monoisotopic (exact) mass is 252 g/mol. The van der Waals surface area contributed by atoms with Crippen molar-refractivity contribution in [1.82, 2.24) is 30.4 Å². The number of rotatable bonds is 4. The van der Waals surface area contributed by atoms with Crippen molar-refractivity contribution in [2.24, 2.45) is 0 Å². The molecule has 1 N–H and O–H groups in total. The summed E-state index contributed by atoms with van der Waals surface area (Å²) in [5, 5.41) is 14.3. The highest BCUT2D eigenvalue weighted by molar-refractivity contribution is 5.76. The molecule has 1 aromatic rings. The maximum atomic E-state index is 12.3. The largest absolute Gasteiger partial charge is 0.335 e. The summed E-state index contributed by atoms with van der Waals surface area (Å²) in [4.78, 5) is 14.2. The Balaban J connectivity index is 2.00. The lowest BCUT2D eigenvalue weighted by molar-refractivity contribution is -0.136. The number of piperazine rings is 1. The smallest absolute Gasteiger partial charge is 0.244 e. The summed E-state index contributed by atoms with van der Waals surface area (Å²) in [6, 6.07) is 0.669. The van der Waals surface area contributed by atoms with Gasteiger partial charge in [-0.2, -0.15) is 0 Å². The van der Waals surface area contributed by atoms with Gasteiger partial charge in [-0.05, 0) is 23.3 Å². The van der Waals surface area contributed by atoms with Crippen LogP contribution in [0, 0.1) is 0 Å². The Morgan fingerprint density at radius 1 is 1.44 bits per heavy atom. The first-order valence-electron chi connectivity index (χ1n) is 6.48. The van der Waals surface area contributed by atoms with Gasteiger partial charge in [-0.25, -0.2) is 4.68 Å². The first-order valence-corrected chi connectivity index (χ1v) is 6.48. The number of aromatic nitrogens is 4. The lowest BCUT2D eigenvalue weighted by Crippen LogP contribution is -2.58. The molecule has 1 aromatic heterocycles. The molecule has 7 nitrogen and oxygen atoms in total. The average molecular weight is 252 g/mol. The van der Waals surface area contributed by atoms with Gasteiger partial charge in [0.25, 0.3) is 0 Å². The van der Waals surface area contributed by atoms with Gasteiger partial charge in [0, 0.05) is 25.2 Å². The first kappa shape index (κ1) is 12.9. The predicted octanol–water partition coefficient (Wildman–Crippen LogP) is -0.338. The Morgan fingerprint density at radius 2 is 2.28 bits per heavy atom. The third-order valence-electron chi connectivity index (χ3n) is 3.47. The summed E-state index contributed by atoms with van der Waals surface area (Å²) in [6.45, 7) is 6.11. The van der Waals surface area contributed by atoms with Gasteiger partial charge in [-0.15, -0.1) is 5.10 Å². The molecule has 0 radical (unpaired) electrons. The van der Waals surface area contributed by atoms with E-state index in [9.17, 15) is 4.79 Å². The number of tetrazole rings is 1. The zero-order valence-corrected chi connectivity index (χ0v) is 10.9. The number of carbonyl (C=O) groups excluding carboxylic acids is 1. The van der Waals surface area contributed by atoms with Gasteiger partial charge in [0.1, 0.15) is 12.9 Å². The highest BCUT2D eigenvalue weighted by atomic mass is 16.2. The molecule has 2 rings (SSSR count). The quantitative estimate of drug-likeness (QED) is 0.793. The van der Waals surface area contributed by atoms with Crippen LogP contribution in [0.4, 0.5) is 0 Å². The van der Waals surface area contributed by atoms with Gasteiger partial charge in [0.2, 0.25) is 5.91 Å². The summed E-state index contributed by atoms with van der Waals surface area (Å²) < 4.78 is 1.47. The molecule has 18 heavy (non-hydrogen) atoms. The number of nitrogens with one attached hydrogen (secondary N) is 1. The van der Waals surface area contributed by atoms with Crippen LogP contribution in [-0.2, 0) is 11.3 Å². The summed E-state index contributed by atoms with van der Waals surface area (Å²) >= 11 is 0. The van der Waals surface area contributed by atoms with Gasteiger partial charge < -0.3 is 10.2 Å². The molecule has 1 aliphatic rings. The van der Waals surface area contributed by atoms with Crippen LogP contribution in [0.25, 0.3) is 0 Å². The summed E-state index contributed by atoms with van der Waals surface area (Å²) in [5.74, 6) is 0.0918. The van der Waals surface area contributed by atoms with Crippen LogP contribution < -0.4 is 5.32 Å². The van der Waals surface area contributed by atoms with E-state index in [1.807, 2.05) is 4.90 Å². The van der Waals surface area contributed by atoms with Crippen molar-refractivity contribution >= 4 is 5.91 Å². The van der Waals surface area contributed by atoms with Crippen LogP contribution in [0.15, 0.2) is 6.33 Å². The Bertz CT molecular complexity index is 379. The molecule has 0 saturated carbocycles. The lowest BCUT2D eigenvalue weighted by atomic mass is 10.1. The topological polar surface area (TPSA) is 75.9 Å². The van der Waals surface area contributed by atoms with Gasteiger partial charge >= 0.3 is 0 Å². The normalized spacial score (nSPS) is 24.2. The highest BCUT2D eigenvalue weighted by Gasteiger charge is 2.29. The molecule has 0 bridgehead atoms. The average Bonchev–Trinajstić information content (AvgIpc) is 2.90. The first-order chi connectivity index (χ1) is 8.74. The molecule has 2 atom stereocenters. The molecule has 1 amide bonds. The Morgan fingerprint density at radius 3 is 2.89 bits per heavy atom. The molecule has 7 heteroatoms. The van der Waals surface area contributed by atoms with Crippen LogP contribution in [0.2, 0.25) is 0 Å². The van der Waals surface area contributed by atoms with E-state index >= 15 is 0 Å². The molecule has 1 saturated heterocycles. The number of carbonyl (C=O) groups is 1. The number of hydrogen-bond acceptors (Lipinski definition) is 5. The van der Waals surface area contributed by atoms with E-state index in [0.717, 1.165) is 25.9 Å².